The molecule has 1 aromatic rings. The number of hydrogen-bond donors (Lipinski definition) is 0. The van der Waals surface area contributed by atoms with Gasteiger partial charge in [-0.15, -0.1) is 0 Å². The lowest BCUT2D eigenvalue weighted by atomic mass is 10.2. The molecule has 1 unspecified atom stereocenters. The van der Waals surface area contributed by atoms with Crippen LogP contribution in [0.4, 0.5) is 0 Å². The van der Waals surface area contributed by atoms with Crippen molar-refractivity contribution in [1.29, 1.82) is 0 Å². The van der Waals surface area contributed by atoms with Crippen molar-refractivity contribution in [2.45, 2.75) is 58.7 Å². The van der Waals surface area contributed by atoms with E-state index in [9.17, 15) is 0 Å². The molecule has 0 saturated carbocycles. The maximum Gasteiger partial charge on any atom is 0.199 e. The molecule has 20 heavy (non-hydrogen) atoms. The second-order valence-electron chi connectivity index (χ2n) is 5.04. The highest BCUT2D eigenvalue weighted by Gasteiger charge is 2.09. The molecular weight excluding hydrogens is 248 g/mol. The molecule has 0 fully saturated rings. The van der Waals surface area contributed by atoms with Crippen LogP contribution in [-0.4, -0.2) is 12.9 Å². The van der Waals surface area contributed by atoms with Crippen LogP contribution in [-0.2, 0) is 4.74 Å². The normalized spacial score (nSPS) is 12.1. The molecule has 0 aliphatic carbocycles. The van der Waals surface area contributed by atoms with Crippen LogP contribution < -0.4 is 4.74 Å². The second kappa shape index (κ2) is 10.5. The number of hydrogen-bond acceptors (Lipinski definition) is 2. The van der Waals surface area contributed by atoms with Crippen molar-refractivity contribution < 1.29 is 9.47 Å². The topological polar surface area (TPSA) is 18.5 Å². The van der Waals surface area contributed by atoms with Crippen LogP contribution in [0.3, 0.4) is 0 Å². The number of benzene rings is 1. The standard InChI is InChI=1S/C18H28O2/c1-4-7-8-9-15-19-18(10-5-2)20-17-13-11-16(6-3)12-14-17/h6,11-14,18H,3-5,7-10,15H2,1-2H3. The smallest absolute Gasteiger partial charge is 0.199 e. The van der Waals surface area contributed by atoms with E-state index in [1.165, 1.54) is 19.3 Å². The van der Waals surface area contributed by atoms with Gasteiger partial charge in [-0.1, -0.05) is 64.3 Å². The summed E-state index contributed by atoms with van der Waals surface area (Å²) in [6.45, 7) is 8.91. The largest absolute Gasteiger partial charge is 0.465 e. The third-order valence-electron chi connectivity index (χ3n) is 3.21. The quantitative estimate of drug-likeness (QED) is 0.396. The third-order valence-corrected chi connectivity index (χ3v) is 3.21. The average Bonchev–Trinajstić information content (AvgIpc) is 2.48. The number of rotatable bonds is 11. The zero-order valence-electron chi connectivity index (χ0n) is 12.9. The van der Waals surface area contributed by atoms with Gasteiger partial charge in [0, 0.05) is 6.42 Å². The van der Waals surface area contributed by atoms with Crippen molar-refractivity contribution in [3.8, 4) is 5.75 Å². The van der Waals surface area contributed by atoms with Gasteiger partial charge in [-0.3, -0.25) is 0 Å². The van der Waals surface area contributed by atoms with Gasteiger partial charge < -0.3 is 9.47 Å². The first kappa shape index (κ1) is 16.8. The summed E-state index contributed by atoms with van der Waals surface area (Å²) in [6, 6.07) is 7.96. The molecule has 0 aromatic heterocycles. The van der Waals surface area contributed by atoms with Gasteiger partial charge in [0.15, 0.2) is 6.29 Å². The summed E-state index contributed by atoms with van der Waals surface area (Å²) >= 11 is 0. The molecule has 0 bridgehead atoms. The van der Waals surface area contributed by atoms with Crippen LogP contribution in [0, 0.1) is 0 Å². The summed E-state index contributed by atoms with van der Waals surface area (Å²) in [5, 5.41) is 0. The van der Waals surface area contributed by atoms with Crippen LogP contribution in [0.25, 0.3) is 6.08 Å². The van der Waals surface area contributed by atoms with Crippen molar-refractivity contribution >= 4 is 6.08 Å². The fourth-order valence-corrected chi connectivity index (χ4v) is 1.99. The van der Waals surface area contributed by atoms with Gasteiger partial charge in [0.2, 0.25) is 0 Å². The minimum atomic E-state index is -0.129. The molecule has 1 rings (SSSR count). The van der Waals surface area contributed by atoms with Crippen LogP contribution in [0.5, 0.6) is 5.75 Å². The molecule has 0 saturated heterocycles. The van der Waals surface area contributed by atoms with Crippen molar-refractivity contribution in [2.75, 3.05) is 6.61 Å². The lowest BCUT2D eigenvalue weighted by molar-refractivity contribution is -0.0856. The Labute approximate surface area is 123 Å². The predicted molar refractivity (Wildman–Crippen MR) is 86.0 cm³/mol. The van der Waals surface area contributed by atoms with Gasteiger partial charge in [0.1, 0.15) is 5.75 Å². The highest BCUT2D eigenvalue weighted by atomic mass is 16.7. The predicted octanol–water partition coefficient (Wildman–Crippen LogP) is 5.43. The van der Waals surface area contributed by atoms with E-state index in [0.717, 1.165) is 37.2 Å². The first-order valence-corrected chi connectivity index (χ1v) is 7.80. The molecule has 0 aliphatic heterocycles. The Morgan fingerprint density at radius 3 is 2.40 bits per heavy atom. The first-order valence-electron chi connectivity index (χ1n) is 7.80. The van der Waals surface area contributed by atoms with Crippen molar-refractivity contribution in [3.63, 3.8) is 0 Å². The van der Waals surface area contributed by atoms with E-state index in [-0.39, 0.29) is 6.29 Å². The van der Waals surface area contributed by atoms with Gasteiger partial charge >= 0.3 is 0 Å². The fourth-order valence-electron chi connectivity index (χ4n) is 1.99. The van der Waals surface area contributed by atoms with E-state index in [4.69, 9.17) is 9.47 Å². The van der Waals surface area contributed by atoms with Gasteiger partial charge in [0.25, 0.3) is 0 Å². The molecule has 2 heteroatoms. The maximum atomic E-state index is 5.90. The Bertz CT molecular complexity index is 356. The third kappa shape index (κ3) is 6.76. The molecule has 1 atom stereocenters. The maximum absolute atomic E-state index is 5.90. The molecule has 0 N–H and O–H groups in total. The molecular formula is C18H28O2. The first-order chi connectivity index (χ1) is 9.80. The molecule has 112 valence electrons. The lowest BCUT2D eigenvalue weighted by Gasteiger charge is -2.19. The van der Waals surface area contributed by atoms with E-state index in [2.05, 4.69) is 20.4 Å². The van der Waals surface area contributed by atoms with Gasteiger partial charge in [-0.2, -0.15) is 0 Å². The van der Waals surface area contributed by atoms with Crippen molar-refractivity contribution in [2.24, 2.45) is 0 Å². The molecule has 0 spiro atoms. The molecule has 2 nitrogen and oxygen atoms in total. The summed E-state index contributed by atoms with van der Waals surface area (Å²) in [5.41, 5.74) is 1.10. The van der Waals surface area contributed by atoms with E-state index in [1.54, 1.807) is 0 Å². The lowest BCUT2D eigenvalue weighted by Crippen LogP contribution is -2.21. The molecule has 0 aliphatic rings. The molecule has 0 radical (unpaired) electrons. The second-order valence-corrected chi connectivity index (χ2v) is 5.04. The van der Waals surface area contributed by atoms with Crippen LogP contribution in [0.2, 0.25) is 0 Å². The van der Waals surface area contributed by atoms with Crippen molar-refractivity contribution in [1.82, 2.24) is 0 Å². The van der Waals surface area contributed by atoms with Gasteiger partial charge in [-0.25, -0.2) is 0 Å². The highest BCUT2D eigenvalue weighted by Crippen LogP contribution is 2.17. The van der Waals surface area contributed by atoms with Gasteiger partial charge in [0.05, 0.1) is 6.61 Å². The summed E-state index contributed by atoms with van der Waals surface area (Å²) in [7, 11) is 0. The fraction of sp³-hybridized carbons (Fsp3) is 0.556. The minimum Gasteiger partial charge on any atom is -0.465 e. The summed E-state index contributed by atoms with van der Waals surface area (Å²) in [5.74, 6) is 0.864. The highest BCUT2D eigenvalue weighted by molar-refractivity contribution is 5.48. The monoisotopic (exact) mass is 276 g/mol. The Hall–Kier alpha value is -1.28. The zero-order valence-corrected chi connectivity index (χ0v) is 12.9. The Morgan fingerprint density at radius 2 is 1.80 bits per heavy atom. The summed E-state index contributed by atoms with van der Waals surface area (Å²) in [6.07, 6.45) is 8.59. The Kier molecular flexibility index (Phi) is 8.81. The number of unbranched alkanes of at least 4 members (excludes halogenated alkanes) is 3. The minimum absolute atomic E-state index is 0.129. The summed E-state index contributed by atoms with van der Waals surface area (Å²) in [4.78, 5) is 0. The Balaban J connectivity index is 2.38. The van der Waals surface area contributed by atoms with E-state index >= 15 is 0 Å². The zero-order chi connectivity index (χ0) is 14.6. The molecule has 0 heterocycles. The SMILES string of the molecule is C=Cc1ccc(OC(CCC)OCCCCCC)cc1. The van der Waals surface area contributed by atoms with Crippen LogP contribution in [0.1, 0.15) is 57.9 Å². The van der Waals surface area contributed by atoms with Crippen LogP contribution in [0.15, 0.2) is 30.8 Å². The van der Waals surface area contributed by atoms with Crippen LogP contribution >= 0.6 is 0 Å². The summed E-state index contributed by atoms with van der Waals surface area (Å²) < 4.78 is 11.8. The van der Waals surface area contributed by atoms with E-state index in [1.807, 2.05) is 30.3 Å². The molecule has 0 amide bonds. The Morgan fingerprint density at radius 1 is 1.05 bits per heavy atom. The van der Waals surface area contributed by atoms with Gasteiger partial charge in [-0.05, 0) is 24.1 Å². The average molecular weight is 276 g/mol. The van der Waals surface area contributed by atoms with E-state index in [0.29, 0.717) is 0 Å². The number of ether oxygens (including phenoxy) is 2. The molecule has 1 aromatic carbocycles. The van der Waals surface area contributed by atoms with Crippen molar-refractivity contribution in [3.05, 3.63) is 36.4 Å². The van der Waals surface area contributed by atoms with E-state index < -0.39 is 0 Å².